The predicted molar refractivity (Wildman–Crippen MR) is 102 cm³/mol. The Labute approximate surface area is 141 Å². The van der Waals surface area contributed by atoms with Gasteiger partial charge in [0, 0.05) is 13.1 Å². The van der Waals surface area contributed by atoms with Gasteiger partial charge in [-0.25, -0.2) is 0 Å². The molecule has 0 spiro atoms. The second-order valence-electron chi connectivity index (χ2n) is 7.00. The molecule has 0 saturated carbocycles. The Kier molecular flexibility index (Phi) is 18.9. The average molecular weight is 313 g/mol. The zero-order valence-electron chi connectivity index (χ0n) is 16.0. The molecule has 0 bridgehead atoms. The van der Waals surface area contributed by atoms with E-state index in [1.165, 1.54) is 103 Å². The van der Waals surface area contributed by atoms with E-state index < -0.39 is 0 Å². The van der Waals surface area contributed by atoms with Crippen LogP contribution in [0.2, 0.25) is 0 Å². The standard InChI is InChI=1S/C20H44N2/c1-4-5-6-7-8-9-10-11-12-13-14-15-16-17-19-22(3)20-18-21-2/h21H,4-20H2,1-3H3. The van der Waals surface area contributed by atoms with Crippen LogP contribution in [0.25, 0.3) is 0 Å². The van der Waals surface area contributed by atoms with E-state index in [4.69, 9.17) is 0 Å². The number of nitrogens with zero attached hydrogens (tertiary/aromatic N) is 1. The van der Waals surface area contributed by atoms with Crippen LogP contribution in [-0.2, 0) is 0 Å². The third kappa shape index (κ3) is 18.0. The highest BCUT2D eigenvalue weighted by atomic mass is 15.1. The molecule has 0 radical (unpaired) electrons. The molecule has 0 rings (SSSR count). The van der Waals surface area contributed by atoms with Crippen LogP contribution in [0.4, 0.5) is 0 Å². The van der Waals surface area contributed by atoms with Crippen LogP contribution in [0.3, 0.4) is 0 Å². The number of nitrogens with one attached hydrogen (secondary N) is 1. The Hall–Kier alpha value is -0.0800. The van der Waals surface area contributed by atoms with Crippen molar-refractivity contribution in [2.75, 3.05) is 33.7 Å². The van der Waals surface area contributed by atoms with E-state index in [1.807, 2.05) is 7.05 Å². The maximum Gasteiger partial charge on any atom is 0.0104 e. The summed E-state index contributed by atoms with van der Waals surface area (Å²) >= 11 is 0. The summed E-state index contributed by atoms with van der Waals surface area (Å²) in [6.45, 7) is 5.84. The van der Waals surface area contributed by atoms with Crippen LogP contribution in [0, 0.1) is 0 Å². The third-order valence-corrected chi connectivity index (χ3v) is 4.64. The first kappa shape index (κ1) is 21.9. The molecule has 2 nitrogen and oxygen atoms in total. The van der Waals surface area contributed by atoms with Crippen LogP contribution in [0.1, 0.15) is 96.8 Å². The lowest BCUT2D eigenvalue weighted by molar-refractivity contribution is 0.325. The van der Waals surface area contributed by atoms with Gasteiger partial charge in [-0.2, -0.15) is 0 Å². The molecular weight excluding hydrogens is 268 g/mol. The second kappa shape index (κ2) is 19.0. The van der Waals surface area contributed by atoms with Crippen molar-refractivity contribution in [1.82, 2.24) is 10.2 Å². The lowest BCUT2D eigenvalue weighted by Crippen LogP contribution is -2.28. The van der Waals surface area contributed by atoms with Gasteiger partial charge in [0.1, 0.15) is 0 Å². The molecule has 0 aromatic carbocycles. The van der Waals surface area contributed by atoms with Crippen molar-refractivity contribution in [3.63, 3.8) is 0 Å². The van der Waals surface area contributed by atoms with Gasteiger partial charge in [0.2, 0.25) is 0 Å². The predicted octanol–water partition coefficient (Wildman–Crippen LogP) is 5.62. The van der Waals surface area contributed by atoms with E-state index in [-0.39, 0.29) is 0 Å². The molecule has 0 amide bonds. The van der Waals surface area contributed by atoms with Gasteiger partial charge in [-0.3, -0.25) is 0 Å². The molecule has 134 valence electrons. The summed E-state index contributed by atoms with van der Waals surface area (Å²) in [6.07, 6.45) is 20.2. The molecule has 0 fully saturated rings. The molecule has 0 aliphatic heterocycles. The van der Waals surface area contributed by atoms with Crippen molar-refractivity contribution in [1.29, 1.82) is 0 Å². The maximum atomic E-state index is 3.21. The van der Waals surface area contributed by atoms with E-state index in [0.29, 0.717) is 0 Å². The fourth-order valence-corrected chi connectivity index (χ4v) is 2.99. The summed E-state index contributed by atoms with van der Waals surface area (Å²) in [6, 6.07) is 0. The zero-order chi connectivity index (χ0) is 16.3. The molecule has 22 heavy (non-hydrogen) atoms. The van der Waals surface area contributed by atoms with Gasteiger partial charge in [0.05, 0.1) is 0 Å². The van der Waals surface area contributed by atoms with Crippen LogP contribution in [0.5, 0.6) is 0 Å². The topological polar surface area (TPSA) is 15.3 Å². The molecule has 0 saturated heterocycles. The van der Waals surface area contributed by atoms with Crippen molar-refractivity contribution >= 4 is 0 Å². The molecule has 0 aliphatic rings. The summed E-state index contributed by atoms with van der Waals surface area (Å²) in [5.41, 5.74) is 0. The second-order valence-corrected chi connectivity index (χ2v) is 7.00. The Morgan fingerprint density at radius 1 is 0.591 bits per heavy atom. The first-order valence-corrected chi connectivity index (χ1v) is 10.1. The molecule has 0 aromatic heterocycles. The third-order valence-electron chi connectivity index (χ3n) is 4.64. The number of hydrogen-bond donors (Lipinski definition) is 1. The monoisotopic (exact) mass is 312 g/mol. The van der Waals surface area contributed by atoms with Gasteiger partial charge in [-0.05, 0) is 27.1 Å². The lowest BCUT2D eigenvalue weighted by Gasteiger charge is -2.15. The van der Waals surface area contributed by atoms with Gasteiger partial charge in [0.15, 0.2) is 0 Å². The van der Waals surface area contributed by atoms with E-state index in [0.717, 1.165) is 6.54 Å². The number of likely N-dealkylation sites (N-methyl/N-ethyl adjacent to an activating group) is 2. The minimum absolute atomic E-state index is 1.11. The molecule has 0 aliphatic carbocycles. The van der Waals surface area contributed by atoms with Crippen LogP contribution >= 0.6 is 0 Å². The summed E-state index contributed by atoms with van der Waals surface area (Å²) in [5, 5.41) is 3.21. The molecule has 1 N–H and O–H groups in total. The normalized spacial score (nSPS) is 11.5. The average Bonchev–Trinajstić information content (AvgIpc) is 2.53. The molecule has 2 heteroatoms. The molecule has 0 unspecified atom stereocenters. The van der Waals surface area contributed by atoms with Gasteiger partial charge in [-0.1, -0.05) is 90.4 Å². The summed E-state index contributed by atoms with van der Waals surface area (Å²) < 4.78 is 0. The molecule has 0 atom stereocenters. The van der Waals surface area contributed by atoms with Crippen molar-refractivity contribution in [3.05, 3.63) is 0 Å². The molecular formula is C20H44N2. The summed E-state index contributed by atoms with van der Waals surface area (Å²) in [4.78, 5) is 2.44. The van der Waals surface area contributed by atoms with Crippen molar-refractivity contribution in [2.45, 2.75) is 96.8 Å². The van der Waals surface area contributed by atoms with Gasteiger partial charge < -0.3 is 10.2 Å². The van der Waals surface area contributed by atoms with E-state index in [1.54, 1.807) is 0 Å². The lowest BCUT2D eigenvalue weighted by atomic mass is 10.0. The van der Waals surface area contributed by atoms with Crippen molar-refractivity contribution < 1.29 is 0 Å². The Balaban J connectivity index is 3.02. The summed E-state index contributed by atoms with van der Waals surface area (Å²) in [7, 11) is 4.26. The van der Waals surface area contributed by atoms with E-state index in [9.17, 15) is 0 Å². The smallest absolute Gasteiger partial charge is 0.0104 e. The molecule has 0 heterocycles. The van der Waals surface area contributed by atoms with Crippen LogP contribution < -0.4 is 5.32 Å². The fraction of sp³-hybridized carbons (Fsp3) is 1.00. The Bertz CT molecular complexity index is 194. The van der Waals surface area contributed by atoms with E-state index >= 15 is 0 Å². The van der Waals surface area contributed by atoms with Gasteiger partial charge in [0.25, 0.3) is 0 Å². The summed E-state index contributed by atoms with van der Waals surface area (Å²) in [5.74, 6) is 0. The minimum Gasteiger partial charge on any atom is -0.318 e. The maximum absolute atomic E-state index is 3.21. The number of unbranched alkanes of at least 4 members (excludes halogenated alkanes) is 13. The van der Waals surface area contributed by atoms with Crippen molar-refractivity contribution in [2.24, 2.45) is 0 Å². The first-order chi connectivity index (χ1) is 10.8. The largest absolute Gasteiger partial charge is 0.318 e. The highest BCUT2D eigenvalue weighted by molar-refractivity contribution is 4.54. The minimum atomic E-state index is 1.11. The number of hydrogen-bond acceptors (Lipinski definition) is 2. The number of rotatable bonds is 18. The van der Waals surface area contributed by atoms with Gasteiger partial charge in [-0.15, -0.1) is 0 Å². The van der Waals surface area contributed by atoms with E-state index in [2.05, 4.69) is 24.2 Å². The molecule has 0 aromatic rings. The highest BCUT2D eigenvalue weighted by Gasteiger charge is 1.97. The van der Waals surface area contributed by atoms with Crippen LogP contribution in [-0.4, -0.2) is 38.6 Å². The zero-order valence-corrected chi connectivity index (χ0v) is 16.0. The highest BCUT2D eigenvalue weighted by Crippen LogP contribution is 2.12. The van der Waals surface area contributed by atoms with Gasteiger partial charge >= 0.3 is 0 Å². The fourth-order valence-electron chi connectivity index (χ4n) is 2.99. The Morgan fingerprint density at radius 3 is 1.41 bits per heavy atom. The SMILES string of the molecule is CCCCCCCCCCCCCCCCN(C)CCNC. The van der Waals surface area contributed by atoms with Crippen molar-refractivity contribution in [3.8, 4) is 0 Å². The van der Waals surface area contributed by atoms with Crippen LogP contribution in [0.15, 0.2) is 0 Å². The first-order valence-electron chi connectivity index (χ1n) is 10.1. The Morgan fingerprint density at radius 2 is 1.00 bits per heavy atom. The quantitative estimate of drug-likeness (QED) is 0.330.